The van der Waals surface area contributed by atoms with E-state index in [1.165, 1.54) is 0 Å². The Morgan fingerprint density at radius 3 is 2.76 bits per heavy atom. The predicted molar refractivity (Wildman–Crippen MR) is 135 cm³/mol. The number of nitrogens with one attached hydrogen (secondary N) is 3. The monoisotopic (exact) mass is 504 g/mol. The summed E-state index contributed by atoms with van der Waals surface area (Å²) in [4.78, 5) is 21.8. The Labute approximate surface area is 213 Å². The highest BCUT2D eigenvalue weighted by Gasteiger charge is 2.29. The van der Waals surface area contributed by atoms with Crippen molar-refractivity contribution < 1.29 is 13.6 Å². The van der Waals surface area contributed by atoms with Crippen molar-refractivity contribution in [1.82, 2.24) is 35.7 Å². The van der Waals surface area contributed by atoms with Crippen molar-refractivity contribution in [2.45, 2.75) is 64.6 Å². The number of H-pyrrole nitrogens is 1. The van der Waals surface area contributed by atoms with E-state index < -0.39 is 12.1 Å². The van der Waals surface area contributed by atoms with Crippen LogP contribution in [0.3, 0.4) is 0 Å². The number of hydrogen-bond acceptors (Lipinski definition) is 8. The Balaban J connectivity index is 1.39. The number of nitrogens with zero attached hydrogens (tertiary/aromatic N) is 5. The standard InChI is InChI=1S/C26H29FN8O2/c1-14-21(13-29-33-14)32-25-28-10-9-19(31-25)15-5-7-18-16(11-15)12-17(27)6-8-20(18)30-22(36)23-34-35-24(37-23)26(2,3)4/h5,7,9-11,13,17,20H,6,8,12H2,1-4H3,(H,29,33)(H,30,36)(H,28,31,32)/t17-,20?/m0/s1. The van der Waals surface area contributed by atoms with Crippen LogP contribution in [0, 0.1) is 6.92 Å². The number of aromatic nitrogens is 6. The lowest BCUT2D eigenvalue weighted by atomic mass is 9.95. The van der Waals surface area contributed by atoms with Gasteiger partial charge in [0.05, 0.1) is 29.3 Å². The maximum absolute atomic E-state index is 14.7. The number of benzene rings is 1. The van der Waals surface area contributed by atoms with Crippen LogP contribution in [0.15, 0.2) is 41.1 Å². The molecule has 5 rings (SSSR count). The van der Waals surface area contributed by atoms with Crippen molar-refractivity contribution in [2.24, 2.45) is 0 Å². The van der Waals surface area contributed by atoms with Crippen molar-refractivity contribution in [3.8, 4) is 11.3 Å². The molecule has 11 heteroatoms. The smallest absolute Gasteiger partial charge is 0.309 e. The average molecular weight is 505 g/mol. The van der Waals surface area contributed by atoms with Gasteiger partial charge in [0.2, 0.25) is 11.8 Å². The lowest BCUT2D eigenvalue weighted by molar-refractivity contribution is 0.0894. The normalized spacial score (nSPS) is 17.6. The molecule has 0 spiro atoms. The Hall–Kier alpha value is -4.15. The molecule has 192 valence electrons. The molecule has 0 radical (unpaired) electrons. The largest absolute Gasteiger partial charge is 0.416 e. The van der Waals surface area contributed by atoms with Gasteiger partial charge in [0, 0.05) is 23.6 Å². The molecule has 3 aromatic heterocycles. The summed E-state index contributed by atoms with van der Waals surface area (Å²) in [5.74, 6) is 0.244. The zero-order chi connectivity index (χ0) is 26.2. The molecule has 0 saturated heterocycles. The van der Waals surface area contributed by atoms with Crippen LogP contribution in [0.4, 0.5) is 16.0 Å². The van der Waals surface area contributed by atoms with Crippen LogP contribution in [-0.2, 0) is 11.8 Å². The number of amides is 1. The summed E-state index contributed by atoms with van der Waals surface area (Å²) in [6.45, 7) is 7.68. The minimum absolute atomic E-state index is 0.0991. The van der Waals surface area contributed by atoms with Crippen LogP contribution in [0.25, 0.3) is 11.3 Å². The predicted octanol–water partition coefficient (Wildman–Crippen LogP) is 4.74. The Morgan fingerprint density at radius 2 is 2.03 bits per heavy atom. The number of aryl methyl sites for hydroxylation is 1. The minimum Gasteiger partial charge on any atom is -0.416 e. The van der Waals surface area contributed by atoms with Gasteiger partial charge in [0.1, 0.15) is 6.17 Å². The summed E-state index contributed by atoms with van der Waals surface area (Å²) in [6, 6.07) is 7.22. The first kappa shape index (κ1) is 24.5. The SMILES string of the molecule is Cc1[nH]ncc1Nc1nccc(-c2ccc3c(c2)C[C@@H](F)CCC3NC(=O)c2nnc(C(C)(C)C)o2)n1. The van der Waals surface area contributed by atoms with Gasteiger partial charge in [-0.15, -0.1) is 10.2 Å². The Bertz CT molecular complexity index is 1420. The first-order valence-electron chi connectivity index (χ1n) is 12.2. The second-order valence-corrected chi connectivity index (χ2v) is 10.3. The molecule has 10 nitrogen and oxygen atoms in total. The molecular weight excluding hydrogens is 475 g/mol. The third-order valence-corrected chi connectivity index (χ3v) is 6.32. The van der Waals surface area contributed by atoms with Gasteiger partial charge in [-0.05, 0) is 43.0 Å². The number of rotatable bonds is 5. The van der Waals surface area contributed by atoms with E-state index in [1.807, 2.05) is 45.9 Å². The van der Waals surface area contributed by atoms with Gasteiger partial charge in [0.15, 0.2) is 0 Å². The Kier molecular flexibility index (Phi) is 6.45. The average Bonchev–Trinajstić information content (AvgIpc) is 3.48. The zero-order valence-electron chi connectivity index (χ0n) is 21.2. The van der Waals surface area contributed by atoms with Crippen molar-refractivity contribution >= 4 is 17.5 Å². The van der Waals surface area contributed by atoms with Crippen LogP contribution in [-0.4, -0.2) is 42.4 Å². The van der Waals surface area contributed by atoms with Gasteiger partial charge in [-0.25, -0.2) is 14.4 Å². The topological polar surface area (TPSA) is 135 Å². The zero-order valence-corrected chi connectivity index (χ0v) is 21.2. The van der Waals surface area contributed by atoms with Gasteiger partial charge < -0.3 is 15.1 Å². The molecule has 4 aromatic rings. The van der Waals surface area contributed by atoms with Gasteiger partial charge in [0.25, 0.3) is 0 Å². The molecule has 0 aliphatic heterocycles. The second-order valence-electron chi connectivity index (χ2n) is 10.3. The first-order valence-corrected chi connectivity index (χ1v) is 12.2. The third kappa shape index (κ3) is 5.35. The molecule has 1 aliphatic rings. The van der Waals surface area contributed by atoms with E-state index in [9.17, 15) is 9.18 Å². The number of carbonyl (C=O) groups is 1. The number of anilines is 2. The quantitative estimate of drug-likeness (QED) is 0.332. The fourth-order valence-electron chi connectivity index (χ4n) is 4.29. The van der Waals surface area contributed by atoms with E-state index in [0.29, 0.717) is 30.4 Å². The first-order chi connectivity index (χ1) is 17.7. The summed E-state index contributed by atoms with van der Waals surface area (Å²) in [5.41, 5.74) is 4.51. The number of aromatic amines is 1. The van der Waals surface area contributed by atoms with Crippen molar-refractivity contribution in [1.29, 1.82) is 0 Å². The molecule has 2 atom stereocenters. The van der Waals surface area contributed by atoms with Crippen molar-refractivity contribution in [2.75, 3.05) is 5.32 Å². The number of carbonyl (C=O) groups excluding carboxylic acids is 1. The van der Waals surface area contributed by atoms with E-state index in [1.54, 1.807) is 18.5 Å². The van der Waals surface area contributed by atoms with E-state index in [2.05, 4.69) is 41.0 Å². The highest BCUT2D eigenvalue weighted by molar-refractivity contribution is 5.89. The van der Waals surface area contributed by atoms with Crippen LogP contribution >= 0.6 is 0 Å². The molecule has 1 amide bonds. The molecule has 1 unspecified atom stereocenters. The van der Waals surface area contributed by atoms with Crippen molar-refractivity contribution in [3.63, 3.8) is 0 Å². The number of halogens is 1. The molecule has 1 aliphatic carbocycles. The summed E-state index contributed by atoms with van der Waals surface area (Å²) < 4.78 is 20.3. The van der Waals surface area contributed by atoms with Crippen molar-refractivity contribution in [3.05, 3.63) is 65.3 Å². The van der Waals surface area contributed by atoms with E-state index >= 15 is 0 Å². The fraction of sp³-hybridized carbons (Fsp3) is 0.385. The van der Waals surface area contributed by atoms with E-state index in [4.69, 9.17) is 4.42 Å². The van der Waals surface area contributed by atoms with Crippen LogP contribution in [0.1, 0.15) is 73.1 Å². The third-order valence-electron chi connectivity index (χ3n) is 6.32. The van der Waals surface area contributed by atoms with Gasteiger partial charge in [-0.1, -0.05) is 32.9 Å². The lowest BCUT2D eigenvalue weighted by Gasteiger charge is -2.19. The summed E-state index contributed by atoms with van der Waals surface area (Å²) in [6.07, 6.45) is 3.38. The highest BCUT2D eigenvalue weighted by atomic mass is 19.1. The fourth-order valence-corrected chi connectivity index (χ4v) is 4.29. The maximum atomic E-state index is 14.7. The Morgan fingerprint density at radius 1 is 1.19 bits per heavy atom. The number of fused-ring (bicyclic) bond motifs is 1. The van der Waals surface area contributed by atoms with Crippen LogP contribution in [0.5, 0.6) is 0 Å². The summed E-state index contributed by atoms with van der Waals surface area (Å²) >= 11 is 0. The second kappa shape index (κ2) is 9.72. The molecule has 0 fully saturated rings. The van der Waals surface area contributed by atoms with Crippen LogP contribution in [0.2, 0.25) is 0 Å². The van der Waals surface area contributed by atoms with Gasteiger partial charge in [-0.3, -0.25) is 9.89 Å². The molecule has 37 heavy (non-hydrogen) atoms. The molecule has 1 aromatic carbocycles. The minimum atomic E-state index is -1.02. The molecule has 3 N–H and O–H groups in total. The summed E-state index contributed by atoms with van der Waals surface area (Å²) in [7, 11) is 0. The van der Waals surface area contributed by atoms with Gasteiger partial charge in [-0.2, -0.15) is 5.10 Å². The molecular formula is C26H29FN8O2. The lowest BCUT2D eigenvalue weighted by Crippen LogP contribution is -2.29. The van der Waals surface area contributed by atoms with E-state index in [0.717, 1.165) is 28.1 Å². The summed E-state index contributed by atoms with van der Waals surface area (Å²) in [5, 5.41) is 20.9. The molecule has 0 bridgehead atoms. The maximum Gasteiger partial charge on any atom is 0.309 e. The van der Waals surface area contributed by atoms with Crippen LogP contribution < -0.4 is 10.6 Å². The van der Waals surface area contributed by atoms with E-state index in [-0.39, 0.29) is 23.8 Å². The number of hydrogen-bond donors (Lipinski definition) is 3. The van der Waals surface area contributed by atoms with Gasteiger partial charge >= 0.3 is 11.8 Å². The number of alkyl halides is 1. The molecule has 3 heterocycles. The molecule has 0 saturated carbocycles. The highest BCUT2D eigenvalue weighted by Crippen LogP contribution is 2.33.